The minimum atomic E-state index is -3.09. The molecule has 1 unspecified atom stereocenters. The van der Waals surface area contributed by atoms with Gasteiger partial charge in [0.05, 0.1) is 22.3 Å². The van der Waals surface area contributed by atoms with Crippen molar-refractivity contribution < 1.29 is 17.6 Å². The Morgan fingerprint density at radius 2 is 2.20 bits per heavy atom. The smallest absolute Gasteiger partial charge is 0.253 e. The van der Waals surface area contributed by atoms with Crippen molar-refractivity contribution in [3.63, 3.8) is 0 Å². The highest BCUT2D eigenvalue weighted by molar-refractivity contribution is 7.92. The van der Waals surface area contributed by atoms with E-state index in [1.165, 1.54) is 25.2 Å². The van der Waals surface area contributed by atoms with E-state index in [4.69, 9.17) is 0 Å². The van der Waals surface area contributed by atoms with Crippen LogP contribution in [0.15, 0.2) is 18.2 Å². The first-order chi connectivity index (χ1) is 9.45. The van der Waals surface area contributed by atoms with Crippen LogP contribution >= 0.6 is 0 Å². The maximum Gasteiger partial charge on any atom is 0.253 e. The maximum absolute atomic E-state index is 13.5. The standard InChI is InChI=1S/C13H17FN2O3S/c1-15-12-10(5-2-6-11(12)14)13(17)16-8-9-4-3-7-20(9,18)19/h2,5-6,9,15H,3-4,7-8H2,1H3,(H,16,17). The van der Waals surface area contributed by atoms with Crippen molar-refractivity contribution in [1.82, 2.24) is 5.32 Å². The molecule has 1 aliphatic heterocycles. The molecule has 20 heavy (non-hydrogen) atoms. The van der Waals surface area contributed by atoms with Gasteiger partial charge in [0.15, 0.2) is 9.84 Å². The van der Waals surface area contributed by atoms with Gasteiger partial charge in [0.1, 0.15) is 5.82 Å². The van der Waals surface area contributed by atoms with E-state index < -0.39 is 26.8 Å². The van der Waals surface area contributed by atoms with Gasteiger partial charge in [-0.1, -0.05) is 6.07 Å². The Hall–Kier alpha value is -1.63. The molecule has 1 aromatic rings. The first kappa shape index (κ1) is 14.8. The summed E-state index contributed by atoms with van der Waals surface area (Å²) in [6.45, 7) is 0.0703. The molecule has 0 aliphatic carbocycles. The van der Waals surface area contributed by atoms with E-state index in [1.807, 2.05) is 0 Å². The Morgan fingerprint density at radius 3 is 2.80 bits per heavy atom. The normalized spacial score (nSPS) is 20.6. The van der Waals surface area contributed by atoms with Gasteiger partial charge in [-0.05, 0) is 25.0 Å². The third-order valence-electron chi connectivity index (χ3n) is 3.46. The zero-order valence-electron chi connectivity index (χ0n) is 11.1. The number of sulfone groups is 1. The number of hydrogen-bond donors (Lipinski definition) is 2. The molecule has 1 fully saturated rings. The second kappa shape index (κ2) is 5.78. The molecule has 1 aromatic carbocycles. The van der Waals surface area contributed by atoms with Crippen molar-refractivity contribution >= 4 is 21.4 Å². The molecule has 1 aliphatic rings. The lowest BCUT2D eigenvalue weighted by molar-refractivity contribution is 0.0954. The number of halogens is 1. The zero-order valence-corrected chi connectivity index (χ0v) is 12.0. The van der Waals surface area contributed by atoms with Crippen LogP contribution < -0.4 is 10.6 Å². The van der Waals surface area contributed by atoms with Crippen molar-refractivity contribution in [3.05, 3.63) is 29.6 Å². The molecule has 0 aromatic heterocycles. The monoisotopic (exact) mass is 300 g/mol. The Morgan fingerprint density at radius 1 is 1.45 bits per heavy atom. The highest BCUT2D eigenvalue weighted by atomic mass is 32.2. The van der Waals surface area contributed by atoms with E-state index in [1.54, 1.807) is 0 Å². The molecular formula is C13H17FN2O3S. The molecule has 1 heterocycles. The lowest BCUT2D eigenvalue weighted by Crippen LogP contribution is -2.34. The second-order valence-electron chi connectivity index (χ2n) is 4.75. The second-order valence-corrected chi connectivity index (χ2v) is 7.15. The molecule has 0 bridgehead atoms. The minimum absolute atomic E-state index is 0.0703. The summed E-state index contributed by atoms with van der Waals surface area (Å²) in [5.41, 5.74) is 0.280. The number of carbonyl (C=O) groups is 1. The summed E-state index contributed by atoms with van der Waals surface area (Å²) in [5.74, 6) is -0.820. The highest BCUT2D eigenvalue weighted by Crippen LogP contribution is 2.21. The van der Waals surface area contributed by atoms with Gasteiger partial charge in [0.25, 0.3) is 5.91 Å². The Labute approximate surface area is 117 Å². The molecule has 7 heteroatoms. The van der Waals surface area contributed by atoms with Crippen LogP contribution in [0.25, 0.3) is 0 Å². The van der Waals surface area contributed by atoms with E-state index in [9.17, 15) is 17.6 Å². The number of hydrogen-bond acceptors (Lipinski definition) is 4. The van der Waals surface area contributed by atoms with Crippen LogP contribution in [0.1, 0.15) is 23.2 Å². The molecule has 2 N–H and O–H groups in total. The molecule has 0 saturated carbocycles. The summed E-state index contributed by atoms with van der Waals surface area (Å²) >= 11 is 0. The number of nitrogens with one attached hydrogen (secondary N) is 2. The minimum Gasteiger partial charge on any atom is -0.385 e. The fraction of sp³-hybridized carbons (Fsp3) is 0.462. The van der Waals surface area contributed by atoms with Gasteiger partial charge in [-0.15, -0.1) is 0 Å². The number of benzene rings is 1. The summed E-state index contributed by atoms with van der Waals surface area (Å²) in [4.78, 5) is 12.0. The van der Waals surface area contributed by atoms with Gasteiger partial charge in [0.2, 0.25) is 0 Å². The fourth-order valence-electron chi connectivity index (χ4n) is 2.36. The van der Waals surface area contributed by atoms with E-state index in [2.05, 4.69) is 10.6 Å². The van der Waals surface area contributed by atoms with Crippen LogP contribution in [-0.4, -0.2) is 38.9 Å². The SMILES string of the molecule is CNc1c(F)cccc1C(=O)NCC1CCCS1(=O)=O. The van der Waals surface area contributed by atoms with Crippen LogP contribution in [-0.2, 0) is 9.84 Å². The molecular weight excluding hydrogens is 283 g/mol. The number of carbonyl (C=O) groups excluding carboxylic acids is 1. The topological polar surface area (TPSA) is 75.3 Å². The van der Waals surface area contributed by atoms with E-state index in [0.717, 1.165) is 0 Å². The zero-order chi connectivity index (χ0) is 14.8. The molecule has 1 amide bonds. The lowest BCUT2D eigenvalue weighted by Gasteiger charge is -2.13. The summed E-state index contributed by atoms with van der Waals surface area (Å²) < 4.78 is 36.9. The molecule has 2 rings (SSSR count). The lowest BCUT2D eigenvalue weighted by atomic mass is 10.1. The van der Waals surface area contributed by atoms with Gasteiger partial charge < -0.3 is 10.6 Å². The average molecular weight is 300 g/mol. The van der Waals surface area contributed by atoms with Crippen LogP contribution in [0.5, 0.6) is 0 Å². The van der Waals surface area contributed by atoms with Crippen molar-refractivity contribution in [2.24, 2.45) is 0 Å². The van der Waals surface area contributed by atoms with Gasteiger partial charge in [-0.3, -0.25) is 4.79 Å². The predicted molar refractivity (Wildman–Crippen MR) is 75.1 cm³/mol. The number of amides is 1. The highest BCUT2D eigenvalue weighted by Gasteiger charge is 2.31. The molecule has 1 atom stereocenters. The summed E-state index contributed by atoms with van der Waals surface area (Å²) in [7, 11) is -1.57. The first-order valence-corrected chi connectivity index (χ1v) is 8.13. The van der Waals surface area contributed by atoms with Crippen LogP contribution in [0.3, 0.4) is 0 Å². The Bertz CT molecular complexity index is 616. The summed E-state index contributed by atoms with van der Waals surface area (Å²) in [5, 5.41) is 4.68. The van der Waals surface area contributed by atoms with Crippen LogP contribution in [0, 0.1) is 5.82 Å². The Kier molecular flexibility index (Phi) is 4.27. The quantitative estimate of drug-likeness (QED) is 0.875. The van der Waals surface area contributed by atoms with Gasteiger partial charge in [0, 0.05) is 13.6 Å². The van der Waals surface area contributed by atoms with E-state index >= 15 is 0 Å². The molecule has 0 radical (unpaired) electrons. The van der Waals surface area contributed by atoms with Gasteiger partial charge in [-0.25, -0.2) is 12.8 Å². The van der Waals surface area contributed by atoms with Crippen molar-refractivity contribution in [1.29, 1.82) is 0 Å². The van der Waals surface area contributed by atoms with Crippen molar-refractivity contribution in [3.8, 4) is 0 Å². The van der Waals surface area contributed by atoms with Crippen molar-refractivity contribution in [2.45, 2.75) is 18.1 Å². The van der Waals surface area contributed by atoms with E-state index in [0.29, 0.717) is 12.8 Å². The van der Waals surface area contributed by atoms with Crippen molar-refractivity contribution in [2.75, 3.05) is 24.7 Å². The summed E-state index contributed by atoms with van der Waals surface area (Å²) in [6, 6.07) is 4.19. The number of rotatable bonds is 4. The fourth-order valence-corrected chi connectivity index (χ4v) is 4.12. The molecule has 0 spiro atoms. The molecule has 110 valence electrons. The largest absolute Gasteiger partial charge is 0.385 e. The number of anilines is 1. The van der Waals surface area contributed by atoms with Crippen LogP contribution in [0.2, 0.25) is 0 Å². The molecule has 5 nitrogen and oxygen atoms in total. The Balaban J connectivity index is 2.08. The third kappa shape index (κ3) is 2.92. The maximum atomic E-state index is 13.5. The van der Waals surface area contributed by atoms with Crippen LogP contribution in [0.4, 0.5) is 10.1 Å². The summed E-state index contributed by atoms with van der Waals surface area (Å²) in [6.07, 6.45) is 1.19. The van der Waals surface area contributed by atoms with Gasteiger partial charge >= 0.3 is 0 Å². The number of para-hydroxylation sites is 1. The van der Waals surface area contributed by atoms with Gasteiger partial charge in [-0.2, -0.15) is 0 Å². The predicted octanol–water partition coefficient (Wildman–Crippen LogP) is 1.17. The molecule has 1 saturated heterocycles. The third-order valence-corrected chi connectivity index (χ3v) is 5.74. The average Bonchev–Trinajstić information content (AvgIpc) is 2.74. The van der Waals surface area contributed by atoms with E-state index in [-0.39, 0.29) is 23.5 Å². The first-order valence-electron chi connectivity index (χ1n) is 6.41.